The van der Waals surface area contributed by atoms with Gasteiger partial charge in [0.25, 0.3) is 5.91 Å². The summed E-state index contributed by atoms with van der Waals surface area (Å²) in [6.07, 6.45) is -5.86. The van der Waals surface area contributed by atoms with Gasteiger partial charge in [-0.05, 0) is 93.4 Å². The number of phenolic OH excluding ortho intramolecular Hbond substituents is 1. The van der Waals surface area contributed by atoms with Gasteiger partial charge in [-0.2, -0.15) is 11.8 Å². The predicted molar refractivity (Wildman–Crippen MR) is 397 cm³/mol. The summed E-state index contributed by atoms with van der Waals surface area (Å²) in [5.74, 6) is -19.9. The van der Waals surface area contributed by atoms with Crippen LogP contribution < -0.4 is 92.1 Å². The zero-order chi connectivity index (χ0) is 83.3. The molecule has 2 fully saturated rings. The summed E-state index contributed by atoms with van der Waals surface area (Å²) in [7, 11) is 0. The van der Waals surface area contributed by atoms with E-state index in [4.69, 9.17) is 33.1 Å². The van der Waals surface area contributed by atoms with E-state index in [-0.39, 0.29) is 80.1 Å². The Morgan fingerprint density at radius 3 is 1.44 bits per heavy atom. The van der Waals surface area contributed by atoms with Crippen molar-refractivity contribution in [3.8, 4) is 5.75 Å². The first kappa shape index (κ1) is 92.5. The first-order valence-electron chi connectivity index (χ1n) is 36.2. The summed E-state index contributed by atoms with van der Waals surface area (Å²) in [6.45, 7) is 3.93. The van der Waals surface area contributed by atoms with Crippen molar-refractivity contribution in [2.24, 2.45) is 28.9 Å². The lowest BCUT2D eigenvalue weighted by Crippen LogP contribution is -2.61. The number of amides is 15. The molecule has 0 bridgehead atoms. The number of carboxylic acid groups (broad SMARTS) is 3. The molecule has 42 heteroatoms. The molecule has 0 spiro atoms. The van der Waals surface area contributed by atoms with Crippen LogP contribution in [0.2, 0.25) is 0 Å². The number of nitrogens with two attached hydrogens (primary N) is 4. The molecular formula is C70H102N18O23S. The van der Waals surface area contributed by atoms with E-state index in [1.54, 1.807) is 55.9 Å². The lowest BCUT2D eigenvalue weighted by molar-refractivity contribution is -0.152. The number of nitrogens with one attached hydrogen (secondary N) is 14. The van der Waals surface area contributed by atoms with E-state index < -0.39 is 238 Å². The molecule has 0 aliphatic carbocycles. The lowest BCUT2D eigenvalue weighted by atomic mass is 9.99. The number of carbonyl (C=O) groups excluding carboxylic acids is 15. The average molecular weight is 1600 g/mol. The van der Waals surface area contributed by atoms with E-state index >= 15 is 0 Å². The molecule has 616 valence electrons. The minimum Gasteiger partial charge on any atom is -0.508 e. The molecule has 2 aromatic carbocycles. The van der Waals surface area contributed by atoms with E-state index in [1.165, 1.54) is 31.2 Å². The number of phenols is 1. The highest BCUT2D eigenvalue weighted by Crippen LogP contribution is 2.33. The van der Waals surface area contributed by atoms with Crippen LogP contribution in [-0.4, -0.2) is 230 Å². The van der Waals surface area contributed by atoms with Gasteiger partial charge in [0.15, 0.2) is 12.6 Å². The number of hydrogen-bond donors (Lipinski definition) is 22. The third kappa shape index (κ3) is 34.4. The van der Waals surface area contributed by atoms with Crippen LogP contribution >= 0.6 is 11.8 Å². The summed E-state index contributed by atoms with van der Waals surface area (Å²) in [4.78, 5) is 239. The summed E-state index contributed by atoms with van der Waals surface area (Å²) in [5.41, 5.74) is 22.5. The van der Waals surface area contributed by atoms with Crippen LogP contribution in [-0.2, 0) is 99.1 Å². The molecular weight excluding hydrogens is 1490 g/mol. The number of rotatable bonds is 52. The number of fused-ring (bicyclic) bond motifs is 1. The van der Waals surface area contributed by atoms with Crippen LogP contribution in [0.5, 0.6) is 5.75 Å². The van der Waals surface area contributed by atoms with Gasteiger partial charge in [-0.15, -0.1) is 0 Å². The molecule has 0 aromatic heterocycles. The highest BCUT2D eigenvalue weighted by Gasteiger charge is 2.43. The van der Waals surface area contributed by atoms with Crippen LogP contribution in [0.15, 0.2) is 54.6 Å². The Balaban J connectivity index is 1.58. The second-order valence-corrected chi connectivity index (χ2v) is 28.4. The highest BCUT2D eigenvalue weighted by atomic mass is 32.2. The molecule has 2 aliphatic rings. The summed E-state index contributed by atoms with van der Waals surface area (Å²) < 4.78 is 5.14. The number of guanidine groups is 1. The fourth-order valence-corrected chi connectivity index (χ4v) is 13.3. The third-order valence-electron chi connectivity index (χ3n) is 17.6. The van der Waals surface area contributed by atoms with Crippen molar-refractivity contribution in [1.82, 2.24) is 69.1 Å². The van der Waals surface area contributed by atoms with Crippen molar-refractivity contribution < 1.29 is 111 Å². The molecule has 0 unspecified atom stereocenters. The van der Waals surface area contributed by atoms with E-state index in [0.717, 1.165) is 0 Å². The molecule has 2 aromatic rings. The molecule has 112 heavy (non-hydrogen) atoms. The third-order valence-corrected chi connectivity index (χ3v) is 19.1. The Hall–Kier alpha value is -11.9. The topological polar surface area (TPSA) is 682 Å². The quantitative estimate of drug-likeness (QED) is 0.00972. The van der Waals surface area contributed by atoms with Gasteiger partial charge in [0.1, 0.15) is 66.2 Å². The number of thioether (sulfide) groups is 1. The second kappa shape index (κ2) is 47.2. The minimum absolute atomic E-state index is 0.0169. The van der Waals surface area contributed by atoms with E-state index in [2.05, 4.69) is 69.1 Å². The average Bonchev–Trinajstić information content (AvgIpc) is 1.58. The maximum Gasteiger partial charge on any atom is 0.329 e. The molecule has 2 saturated heterocycles. The van der Waals surface area contributed by atoms with Gasteiger partial charge < -0.3 is 117 Å². The van der Waals surface area contributed by atoms with E-state index in [0.29, 0.717) is 36.1 Å². The van der Waals surface area contributed by atoms with Crippen molar-refractivity contribution in [3.05, 3.63) is 65.7 Å². The highest BCUT2D eigenvalue weighted by molar-refractivity contribution is 8.00. The number of benzene rings is 2. The maximum absolute atomic E-state index is 14.9. The fraction of sp³-hybridized carbons (Fsp3) is 0.557. The number of urea groups is 1. The molecule has 13 atom stereocenters. The van der Waals surface area contributed by atoms with Gasteiger partial charge in [-0.1, -0.05) is 69.7 Å². The van der Waals surface area contributed by atoms with Crippen LogP contribution in [0.25, 0.3) is 0 Å². The molecule has 15 amide bonds. The van der Waals surface area contributed by atoms with E-state index in [1.807, 2.05) is 0 Å². The Morgan fingerprint density at radius 1 is 0.509 bits per heavy atom. The number of primary amides is 3. The van der Waals surface area contributed by atoms with Crippen molar-refractivity contribution in [2.75, 3.05) is 18.9 Å². The van der Waals surface area contributed by atoms with Crippen LogP contribution in [0.4, 0.5) is 4.79 Å². The van der Waals surface area contributed by atoms with Crippen LogP contribution in [0, 0.1) is 11.3 Å². The standard InChI is InChI=1S/C70H102N18O23S/c1-4-39(68(109)111-33-54(93)77-40(59(73)100)13-10-28-76-69(74)75)79-61(102)42(20-24-51(71)90)82-65(106)46(30-36-11-6-5-7-12-36)85-66(107)47(31-37-16-18-38(89)19-17-37)84-64(105)45(29-35(2)3)83-67(108)48(32-52(72)91)86-63(104)44(23-27-57(98)99)81-62(103)43(22-26-56(96)97)80-60(101)41(21-25-55(94)95)78-53(92)15-9-8-14-50-58-49(34-112-50)87-70(110)88-58/h5-7,11-12,16-19,35,39-50,58,89H,4,8-10,13-15,20-34H2,1-3H3,(H2,71,90)(H2,72,91)(H2,73,100)(H,77,93)(H,78,92)(H,79,102)(H,80,101)(H,81,103)(H,82,106)(H,83,108)(H,84,105)(H,85,107)(H,86,104)(H,94,95)(H,96,97)(H,98,99)(H4,74,75,76)(H2,87,88,110)/t39-,40-,41-,42-,43-,44-,45-,46-,47-,48-,49-,50-,58-/m0/s1. The summed E-state index contributed by atoms with van der Waals surface area (Å²) in [6, 6.07) is -3.97. The molecule has 41 nitrogen and oxygen atoms in total. The minimum atomic E-state index is -2.04. The molecule has 0 radical (unpaired) electrons. The Bertz CT molecular complexity index is 3690. The van der Waals surface area contributed by atoms with Gasteiger partial charge in [0, 0.05) is 62.5 Å². The molecule has 2 aliphatic heterocycles. The lowest BCUT2D eigenvalue weighted by Gasteiger charge is -2.28. The second-order valence-electron chi connectivity index (χ2n) is 27.2. The predicted octanol–water partition coefficient (Wildman–Crippen LogP) is -4.77. The largest absolute Gasteiger partial charge is 0.508 e. The van der Waals surface area contributed by atoms with Crippen molar-refractivity contribution in [1.29, 1.82) is 5.41 Å². The van der Waals surface area contributed by atoms with Crippen molar-refractivity contribution in [3.63, 3.8) is 0 Å². The first-order chi connectivity index (χ1) is 52.9. The zero-order valence-corrected chi connectivity index (χ0v) is 62.9. The monoisotopic (exact) mass is 1590 g/mol. The van der Waals surface area contributed by atoms with Gasteiger partial charge in [-0.25, -0.2) is 9.59 Å². The Labute approximate surface area is 647 Å². The number of hydrogen-bond acceptors (Lipinski definition) is 22. The first-order valence-corrected chi connectivity index (χ1v) is 37.2. The SMILES string of the molecule is CC[C@H](NC(=O)[C@H](CCC(N)=O)NC(=O)[C@H](Cc1ccccc1)NC(=O)[C@H](Cc1ccc(O)cc1)NC(=O)[C@H](CC(C)C)NC(=O)[C@H](CC(N)=O)NC(=O)[C@H](CCC(=O)O)NC(=O)[C@H](CCC(=O)O)NC(=O)[C@H](CCC(=O)O)NC(=O)CCCC[C@@H]1SC[C@@H]2NC(=O)N[C@@H]21)C(=O)OCC(=O)N[C@@H](CCCNC(=N)N)C(N)=O. The summed E-state index contributed by atoms with van der Waals surface area (Å²) >= 11 is 1.66. The zero-order valence-electron chi connectivity index (χ0n) is 62.1. The normalized spacial score (nSPS) is 16.7. The van der Waals surface area contributed by atoms with Gasteiger partial charge in [0.05, 0.1) is 18.5 Å². The van der Waals surface area contributed by atoms with Gasteiger partial charge in [-0.3, -0.25) is 82.1 Å². The summed E-state index contributed by atoms with van der Waals surface area (Å²) in [5, 5.41) is 78.7. The number of ether oxygens (including phenoxy) is 1. The Kier molecular flexibility index (Phi) is 39.0. The number of aliphatic carboxylic acids is 3. The Morgan fingerprint density at radius 2 is 0.955 bits per heavy atom. The van der Waals surface area contributed by atoms with Gasteiger partial charge >= 0.3 is 29.9 Å². The smallest absolute Gasteiger partial charge is 0.329 e. The van der Waals surface area contributed by atoms with Gasteiger partial charge in [0.2, 0.25) is 70.9 Å². The number of carbonyl (C=O) groups is 18. The molecule has 26 N–H and O–H groups in total. The van der Waals surface area contributed by atoms with Crippen molar-refractivity contribution in [2.45, 2.75) is 221 Å². The van der Waals surface area contributed by atoms with Crippen molar-refractivity contribution >= 4 is 124 Å². The van der Waals surface area contributed by atoms with E-state index in [9.17, 15) is 107 Å². The maximum atomic E-state index is 14.9. The molecule has 2 heterocycles. The number of carboxylic acids is 3. The number of unbranched alkanes of at least 4 members (excludes halogenated alkanes) is 1. The van der Waals surface area contributed by atoms with Crippen LogP contribution in [0.3, 0.4) is 0 Å². The number of aromatic hydroxyl groups is 1. The number of esters is 1. The molecule has 0 saturated carbocycles. The fourth-order valence-electron chi connectivity index (χ4n) is 11.7. The molecule has 4 rings (SSSR count). The van der Waals surface area contributed by atoms with Crippen LogP contribution in [0.1, 0.15) is 141 Å².